The van der Waals surface area contributed by atoms with E-state index in [1.54, 1.807) is 6.08 Å². The number of nitrogens with two attached hydrogens (primary N) is 1. The van der Waals surface area contributed by atoms with E-state index in [4.69, 9.17) is 26.8 Å². The molecule has 2 fully saturated rings. The van der Waals surface area contributed by atoms with Crippen molar-refractivity contribution in [1.82, 2.24) is 15.6 Å². The highest BCUT2D eigenvalue weighted by molar-refractivity contribution is 6.34. The van der Waals surface area contributed by atoms with Crippen LogP contribution >= 0.6 is 11.6 Å². The molecule has 2 aliphatic rings. The van der Waals surface area contributed by atoms with Gasteiger partial charge in [0, 0.05) is 35.7 Å². The number of aromatic nitrogens is 1. The van der Waals surface area contributed by atoms with Crippen LogP contribution in [0.2, 0.25) is 5.02 Å². The molecule has 4 amide bonds. The van der Waals surface area contributed by atoms with Crippen LogP contribution in [0.15, 0.2) is 43.1 Å². The number of fused-ring (bicyclic) bond motifs is 1. The van der Waals surface area contributed by atoms with Gasteiger partial charge in [-0.15, -0.1) is 6.58 Å². The lowest BCUT2D eigenvalue weighted by atomic mass is 10.1. The van der Waals surface area contributed by atoms with Crippen molar-refractivity contribution in [3.63, 3.8) is 0 Å². The second-order valence-electron chi connectivity index (χ2n) is 9.55. The molecule has 10 nitrogen and oxygen atoms in total. The Morgan fingerprint density at radius 2 is 1.98 bits per heavy atom. The Balaban J connectivity index is 1.39. The quantitative estimate of drug-likeness (QED) is 0.221. The van der Waals surface area contributed by atoms with Gasteiger partial charge < -0.3 is 31.2 Å². The summed E-state index contributed by atoms with van der Waals surface area (Å²) in [5.41, 5.74) is 4.16. The number of nitrogens with one attached hydrogen (secondary N) is 3. The maximum Gasteiger partial charge on any atom is 0.320 e. The Hall–Kier alpha value is -4.45. The topological polar surface area (TPSA) is 145 Å². The summed E-state index contributed by atoms with van der Waals surface area (Å²) in [6.45, 7) is 3.69. The molecule has 2 saturated carbocycles. The zero-order chi connectivity index (χ0) is 28.8. The van der Waals surface area contributed by atoms with Crippen LogP contribution in [0.1, 0.15) is 29.6 Å². The second-order valence-corrected chi connectivity index (χ2v) is 9.93. The molecule has 5 N–H and O–H groups in total. The van der Waals surface area contributed by atoms with E-state index in [1.807, 2.05) is 0 Å². The zero-order valence-electron chi connectivity index (χ0n) is 21.1. The van der Waals surface area contributed by atoms with Crippen molar-refractivity contribution in [2.75, 3.05) is 12.4 Å². The first-order valence-corrected chi connectivity index (χ1v) is 12.6. The number of benzene rings is 2. The van der Waals surface area contributed by atoms with Crippen molar-refractivity contribution in [2.45, 2.75) is 30.8 Å². The highest BCUT2D eigenvalue weighted by Crippen LogP contribution is 2.45. The fourth-order valence-corrected chi connectivity index (χ4v) is 4.59. The highest BCUT2D eigenvalue weighted by Gasteiger charge is 2.60. The van der Waals surface area contributed by atoms with E-state index in [-0.39, 0.29) is 46.0 Å². The van der Waals surface area contributed by atoms with E-state index in [9.17, 15) is 14.4 Å². The fraction of sp³-hybridized carbons (Fsp3) is 0.259. The monoisotopic (exact) mass is 571 g/mol. The molecule has 3 aromatic rings. The van der Waals surface area contributed by atoms with Crippen LogP contribution < -0.4 is 31.2 Å². The molecule has 0 radical (unpaired) electrons. The maximum absolute atomic E-state index is 15.3. The number of methoxy groups -OCH3 is 1. The number of hydrogen-bond acceptors (Lipinski definition) is 6. The summed E-state index contributed by atoms with van der Waals surface area (Å²) in [4.78, 5) is 41.5. The molecule has 2 unspecified atom stereocenters. The summed E-state index contributed by atoms with van der Waals surface area (Å²) in [5, 5.41) is 7.34. The van der Waals surface area contributed by atoms with Gasteiger partial charge >= 0.3 is 6.03 Å². The number of carbonyl (C=O) groups excluding carboxylic acids is 3. The lowest BCUT2D eigenvalue weighted by molar-refractivity contribution is -0.124. The average Bonchev–Trinajstić information content (AvgIpc) is 3.85. The van der Waals surface area contributed by atoms with Gasteiger partial charge in [0.2, 0.25) is 5.91 Å². The number of hydrogen-bond donors (Lipinski definition) is 4. The maximum atomic E-state index is 15.3. The third kappa shape index (κ3) is 4.97. The summed E-state index contributed by atoms with van der Waals surface area (Å²) < 4.78 is 41.1. The average molecular weight is 572 g/mol. The molecular formula is C27H24ClF2N5O5. The van der Waals surface area contributed by atoms with Gasteiger partial charge in [-0.2, -0.15) is 0 Å². The van der Waals surface area contributed by atoms with Gasteiger partial charge in [0.25, 0.3) is 5.91 Å². The molecule has 0 aliphatic heterocycles. The van der Waals surface area contributed by atoms with E-state index in [0.29, 0.717) is 11.9 Å². The third-order valence-electron chi connectivity index (χ3n) is 6.82. The molecule has 208 valence electrons. The third-order valence-corrected chi connectivity index (χ3v) is 7.19. The molecule has 0 saturated heterocycles. The first-order valence-electron chi connectivity index (χ1n) is 12.2. The minimum Gasteiger partial charge on any atom is -0.496 e. The number of anilines is 1. The lowest BCUT2D eigenvalue weighted by Crippen LogP contribution is -2.52. The molecule has 1 heterocycles. The molecule has 0 spiro atoms. The molecule has 5 rings (SSSR count). The van der Waals surface area contributed by atoms with Crippen LogP contribution in [0.3, 0.4) is 0 Å². The smallest absolute Gasteiger partial charge is 0.320 e. The van der Waals surface area contributed by atoms with Gasteiger partial charge in [0.15, 0.2) is 17.4 Å². The van der Waals surface area contributed by atoms with E-state index < -0.39 is 39.9 Å². The largest absolute Gasteiger partial charge is 0.496 e. The van der Waals surface area contributed by atoms with Crippen molar-refractivity contribution >= 4 is 46.0 Å². The highest BCUT2D eigenvalue weighted by atomic mass is 35.5. The van der Waals surface area contributed by atoms with Gasteiger partial charge in [-0.3, -0.25) is 14.6 Å². The number of primary amides is 1. The van der Waals surface area contributed by atoms with Crippen molar-refractivity contribution in [3.05, 3.63) is 65.3 Å². The fourth-order valence-electron chi connectivity index (χ4n) is 4.40. The number of pyridine rings is 1. The summed E-state index contributed by atoms with van der Waals surface area (Å²) in [7, 11) is 1.35. The number of nitrogens with zero attached hydrogens (tertiary/aromatic N) is 1. The zero-order valence-corrected chi connectivity index (χ0v) is 21.9. The molecule has 0 bridgehead atoms. The van der Waals surface area contributed by atoms with Crippen LogP contribution in [0, 0.1) is 17.6 Å². The van der Waals surface area contributed by atoms with Gasteiger partial charge in [-0.05, 0) is 31.4 Å². The lowest BCUT2D eigenvalue weighted by Gasteiger charge is -2.20. The first kappa shape index (κ1) is 27.1. The molecule has 2 aliphatic carbocycles. The molecule has 1 aromatic heterocycles. The summed E-state index contributed by atoms with van der Waals surface area (Å²) in [6.07, 6.45) is 4.98. The number of rotatable bonds is 9. The SMILES string of the molecule is C=CC1CC1(NC(=O)Nc1cc(F)c(Oc2ccnc3cc(OC)c(C(N)=O)cc23)c(F)c1Cl)C(=O)NC1CC1. The number of ether oxygens (including phenoxy) is 2. The summed E-state index contributed by atoms with van der Waals surface area (Å²) >= 11 is 6.14. The molecule has 2 aromatic carbocycles. The molecule has 40 heavy (non-hydrogen) atoms. The number of halogens is 3. The number of amides is 4. The standard InChI is InChI=1S/C27H24ClF2N5O5/c1-3-12-11-27(12,25(37)33-13-4-5-13)35-26(38)34-18-9-16(29)23(22(30)21(18)28)40-19-6-7-32-17-10-20(39-2)15(24(31)36)8-14(17)19/h3,6-10,12-13H,1,4-5,11H2,2H3,(H2,31,36)(H,33,37)(H2,34,35,38). The van der Waals surface area contributed by atoms with Crippen LogP contribution in [0.25, 0.3) is 10.9 Å². The van der Waals surface area contributed by atoms with Gasteiger partial charge in [0.1, 0.15) is 22.1 Å². The minimum atomic E-state index is -1.29. The predicted molar refractivity (Wildman–Crippen MR) is 143 cm³/mol. The van der Waals surface area contributed by atoms with Gasteiger partial charge in [-0.25, -0.2) is 13.6 Å². The van der Waals surface area contributed by atoms with Gasteiger partial charge in [-0.1, -0.05) is 17.7 Å². The van der Waals surface area contributed by atoms with Crippen molar-refractivity contribution in [2.24, 2.45) is 11.7 Å². The first-order chi connectivity index (χ1) is 19.1. The van der Waals surface area contributed by atoms with E-state index in [2.05, 4.69) is 27.5 Å². The molecular weight excluding hydrogens is 548 g/mol. The predicted octanol–water partition coefficient (Wildman–Crippen LogP) is 4.41. The Morgan fingerprint density at radius 3 is 2.60 bits per heavy atom. The van der Waals surface area contributed by atoms with E-state index in [0.717, 1.165) is 18.9 Å². The van der Waals surface area contributed by atoms with E-state index >= 15 is 8.78 Å². The summed E-state index contributed by atoms with van der Waals surface area (Å²) in [5.74, 6) is -4.63. The van der Waals surface area contributed by atoms with Crippen molar-refractivity contribution in [3.8, 4) is 17.2 Å². The number of carbonyl (C=O) groups is 3. The van der Waals surface area contributed by atoms with Crippen LogP contribution in [-0.2, 0) is 4.79 Å². The second kappa shape index (κ2) is 10.3. The molecule has 2 atom stereocenters. The Bertz CT molecular complexity index is 1580. The van der Waals surface area contributed by atoms with Crippen LogP contribution in [0.5, 0.6) is 17.2 Å². The summed E-state index contributed by atoms with van der Waals surface area (Å²) in [6, 6.07) is 4.09. The Kier molecular flexibility index (Phi) is 6.96. The Labute approximate surface area is 231 Å². The number of urea groups is 1. The van der Waals surface area contributed by atoms with Crippen molar-refractivity contribution < 1.29 is 32.6 Å². The molecule has 13 heteroatoms. The van der Waals surface area contributed by atoms with Crippen LogP contribution in [-0.4, -0.2) is 41.5 Å². The van der Waals surface area contributed by atoms with Crippen LogP contribution in [0.4, 0.5) is 19.3 Å². The minimum absolute atomic E-state index is 0.00956. The van der Waals surface area contributed by atoms with E-state index in [1.165, 1.54) is 31.5 Å². The van der Waals surface area contributed by atoms with Gasteiger partial charge in [0.05, 0.1) is 23.9 Å². The normalized spacial score (nSPS) is 19.4. The Morgan fingerprint density at radius 1 is 1.23 bits per heavy atom. The van der Waals surface area contributed by atoms with Crippen molar-refractivity contribution in [1.29, 1.82) is 0 Å².